The van der Waals surface area contributed by atoms with E-state index in [2.05, 4.69) is 27.7 Å². The Bertz CT molecular complexity index is 309. The van der Waals surface area contributed by atoms with E-state index in [4.69, 9.17) is 14.2 Å². The Hall–Kier alpha value is -0.120. The van der Waals surface area contributed by atoms with Crippen molar-refractivity contribution in [3.63, 3.8) is 0 Å². The first-order valence-corrected chi connectivity index (χ1v) is 15.0. The molecule has 3 heteroatoms. The monoisotopic (exact) mass is 468 g/mol. The summed E-state index contributed by atoms with van der Waals surface area (Å²) in [5, 5.41) is 0. The maximum Gasteiger partial charge on any atom is 0.0550 e. The molecule has 0 aromatic rings. The highest BCUT2D eigenvalue weighted by atomic mass is 16.5. The van der Waals surface area contributed by atoms with Crippen LogP contribution >= 0.6 is 0 Å². The Kier molecular flexibility index (Phi) is 20.9. The molecule has 0 radical (unpaired) electrons. The van der Waals surface area contributed by atoms with Crippen molar-refractivity contribution in [3.05, 3.63) is 0 Å². The van der Waals surface area contributed by atoms with E-state index in [1.54, 1.807) is 0 Å². The van der Waals surface area contributed by atoms with Crippen LogP contribution in [0.2, 0.25) is 0 Å². The molecule has 0 spiro atoms. The van der Waals surface area contributed by atoms with Crippen molar-refractivity contribution in [2.24, 2.45) is 0 Å². The van der Waals surface area contributed by atoms with Gasteiger partial charge in [0.1, 0.15) is 0 Å². The summed E-state index contributed by atoms with van der Waals surface area (Å²) in [5.74, 6) is 0. The van der Waals surface area contributed by atoms with Crippen molar-refractivity contribution in [2.45, 2.75) is 181 Å². The first-order valence-electron chi connectivity index (χ1n) is 15.0. The summed E-state index contributed by atoms with van der Waals surface area (Å²) in [4.78, 5) is 0. The molecule has 0 amide bonds. The summed E-state index contributed by atoms with van der Waals surface area (Å²) in [5.41, 5.74) is 0. The van der Waals surface area contributed by atoms with E-state index < -0.39 is 0 Å². The molecule has 3 aliphatic heterocycles. The zero-order valence-corrected chi connectivity index (χ0v) is 23.1. The molecule has 0 aromatic carbocycles. The second-order valence-electron chi connectivity index (χ2n) is 10.9. The van der Waals surface area contributed by atoms with Gasteiger partial charge in [-0.15, -0.1) is 0 Å². The van der Waals surface area contributed by atoms with Gasteiger partial charge < -0.3 is 14.2 Å². The Morgan fingerprint density at radius 2 is 0.576 bits per heavy atom. The lowest BCUT2D eigenvalue weighted by molar-refractivity contribution is -0.0295. The lowest BCUT2D eigenvalue weighted by atomic mass is 10.0. The van der Waals surface area contributed by atoms with Gasteiger partial charge in [-0.25, -0.2) is 0 Å². The van der Waals surface area contributed by atoms with E-state index in [9.17, 15) is 0 Å². The Balaban J connectivity index is 0.000000208. The van der Waals surface area contributed by atoms with E-state index in [-0.39, 0.29) is 0 Å². The highest BCUT2D eigenvalue weighted by Crippen LogP contribution is 2.18. The SMILES string of the molecule is C1CCCC1.C1CCCCC1.C1CCOCC1.CC1CCCC(C)O1.C[C@@H]1CCC[C@H](C)O1. The summed E-state index contributed by atoms with van der Waals surface area (Å²) in [6.45, 7) is 10.6. The molecule has 3 nitrogen and oxygen atoms in total. The second-order valence-corrected chi connectivity index (χ2v) is 10.9. The number of hydrogen-bond donors (Lipinski definition) is 0. The molecule has 3 heterocycles. The molecule has 5 rings (SSSR count). The van der Waals surface area contributed by atoms with Gasteiger partial charge in [0.05, 0.1) is 24.4 Å². The third-order valence-corrected chi connectivity index (χ3v) is 7.20. The van der Waals surface area contributed by atoms with Crippen LogP contribution in [0.15, 0.2) is 0 Å². The summed E-state index contributed by atoms with van der Waals surface area (Å²) < 4.78 is 16.0. The fourth-order valence-corrected chi connectivity index (χ4v) is 5.08. The summed E-state index contributed by atoms with van der Waals surface area (Å²) in [7, 11) is 0. The van der Waals surface area contributed by atoms with Gasteiger partial charge in [0.15, 0.2) is 0 Å². The van der Waals surface area contributed by atoms with Gasteiger partial charge in [-0.1, -0.05) is 70.6 Å². The molecule has 2 saturated carbocycles. The first-order chi connectivity index (χ1) is 16.1. The van der Waals surface area contributed by atoms with Crippen LogP contribution in [-0.2, 0) is 14.2 Å². The Morgan fingerprint density at radius 3 is 0.697 bits per heavy atom. The van der Waals surface area contributed by atoms with Crippen molar-refractivity contribution in [1.82, 2.24) is 0 Å². The second kappa shape index (κ2) is 22.4. The summed E-state index contributed by atoms with van der Waals surface area (Å²) in [6.07, 6.45) is 30.2. The number of hydrogen-bond acceptors (Lipinski definition) is 3. The van der Waals surface area contributed by atoms with E-state index in [0.29, 0.717) is 24.4 Å². The highest BCUT2D eigenvalue weighted by Gasteiger charge is 2.14. The smallest absolute Gasteiger partial charge is 0.0550 e. The summed E-state index contributed by atoms with van der Waals surface area (Å²) in [6, 6.07) is 0. The molecule has 5 fully saturated rings. The molecular weight excluding hydrogens is 408 g/mol. The minimum absolute atomic E-state index is 0.513. The van der Waals surface area contributed by atoms with Gasteiger partial charge in [0.2, 0.25) is 0 Å². The lowest BCUT2D eigenvalue weighted by Gasteiger charge is -2.24. The Labute approximate surface area is 208 Å². The molecule has 0 N–H and O–H groups in total. The van der Waals surface area contributed by atoms with Crippen molar-refractivity contribution >= 4 is 0 Å². The van der Waals surface area contributed by atoms with Crippen LogP contribution in [0, 0.1) is 0 Å². The molecule has 33 heavy (non-hydrogen) atoms. The predicted molar refractivity (Wildman–Crippen MR) is 143 cm³/mol. The maximum absolute atomic E-state index is 5.49. The van der Waals surface area contributed by atoms with Crippen LogP contribution in [0.1, 0.15) is 156 Å². The molecule has 198 valence electrons. The topological polar surface area (TPSA) is 27.7 Å². The maximum atomic E-state index is 5.49. The standard InChI is InChI=1S/2C7H14O.C6H12.C5H10O.C5H10/c2*1-6-4-3-5-7(2)8-6;2*1-2-4-6-5-3-1;1-2-4-5-3-1/h2*6-7H,3-5H2,1-2H3;1-6H2;1-5H2;1-5H2/t6-,7+;;;;. The van der Waals surface area contributed by atoms with E-state index in [1.165, 1.54) is 128 Å². The summed E-state index contributed by atoms with van der Waals surface area (Å²) >= 11 is 0. The molecule has 5 aliphatic rings. The van der Waals surface area contributed by atoms with Crippen LogP contribution in [0.5, 0.6) is 0 Å². The van der Waals surface area contributed by atoms with Gasteiger partial charge >= 0.3 is 0 Å². The molecule has 2 aliphatic carbocycles. The zero-order valence-electron chi connectivity index (χ0n) is 23.1. The van der Waals surface area contributed by atoms with Crippen molar-refractivity contribution < 1.29 is 14.2 Å². The van der Waals surface area contributed by atoms with Crippen LogP contribution in [-0.4, -0.2) is 37.6 Å². The minimum atomic E-state index is 0.513. The minimum Gasteiger partial charge on any atom is -0.381 e. The lowest BCUT2D eigenvalue weighted by Crippen LogP contribution is -2.22. The normalized spacial score (nSPS) is 31.6. The quantitative estimate of drug-likeness (QED) is 0.354. The van der Waals surface area contributed by atoms with E-state index in [0.717, 1.165) is 13.2 Å². The fraction of sp³-hybridized carbons (Fsp3) is 1.00. The highest BCUT2D eigenvalue weighted by molar-refractivity contribution is 4.63. The molecule has 2 unspecified atom stereocenters. The van der Waals surface area contributed by atoms with E-state index in [1.807, 2.05) is 0 Å². The Morgan fingerprint density at radius 1 is 0.333 bits per heavy atom. The average Bonchev–Trinajstić information content (AvgIpc) is 3.43. The average molecular weight is 469 g/mol. The van der Waals surface area contributed by atoms with Crippen LogP contribution < -0.4 is 0 Å². The van der Waals surface area contributed by atoms with Crippen molar-refractivity contribution in [3.8, 4) is 0 Å². The van der Waals surface area contributed by atoms with Crippen LogP contribution in [0.4, 0.5) is 0 Å². The number of ether oxygens (including phenoxy) is 3. The third kappa shape index (κ3) is 20.9. The van der Waals surface area contributed by atoms with E-state index >= 15 is 0 Å². The van der Waals surface area contributed by atoms with Crippen molar-refractivity contribution in [2.75, 3.05) is 13.2 Å². The first kappa shape index (κ1) is 30.9. The molecular formula is C30H60O3. The predicted octanol–water partition coefficient (Wildman–Crippen LogP) is 9.41. The van der Waals surface area contributed by atoms with Crippen LogP contribution in [0.25, 0.3) is 0 Å². The van der Waals surface area contributed by atoms with Gasteiger partial charge in [-0.2, -0.15) is 0 Å². The molecule has 0 aromatic heterocycles. The largest absolute Gasteiger partial charge is 0.381 e. The van der Waals surface area contributed by atoms with Gasteiger partial charge in [0, 0.05) is 13.2 Å². The number of rotatable bonds is 0. The molecule has 3 saturated heterocycles. The van der Waals surface area contributed by atoms with Gasteiger partial charge in [-0.05, 0) is 85.5 Å². The molecule has 0 bridgehead atoms. The van der Waals surface area contributed by atoms with Crippen LogP contribution in [0.3, 0.4) is 0 Å². The van der Waals surface area contributed by atoms with Gasteiger partial charge in [0.25, 0.3) is 0 Å². The van der Waals surface area contributed by atoms with Gasteiger partial charge in [-0.3, -0.25) is 0 Å². The third-order valence-electron chi connectivity index (χ3n) is 7.20. The molecule has 4 atom stereocenters. The van der Waals surface area contributed by atoms with Crippen molar-refractivity contribution in [1.29, 1.82) is 0 Å². The zero-order chi connectivity index (χ0) is 24.0. The fourth-order valence-electron chi connectivity index (χ4n) is 5.08.